The van der Waals surface area contributed by atoms with Crippen LogP contribution in [0.3, 0.4) is 0 Å². The van der Waals surface area contributed by atoms with Crippen molar-refractivity contribution in [1.82, 2.24) is 0 Å². The molecule has 2 rings (SSSR count). The molecule has 1 aromatic carbocycles. The van der Waals surface area contributed by atoms with Crippen LogP contribution in [-0.2, 0) is 0 Å². The lowest BCUT2D eigenvalue weighted by molar-refractivity contribution is 0.405. The molecule has 0 amide bonds. The van der Waals surface area contributed by atoms with Crippen LogP contribution in [-0.4, -0.2) is 11.1 Å². The van der Waals surface area contributed by atoms with Crippen LogP contribution < -0.4 is 0 Å². The summed E-state index contributed by atoms with van der Waals surface area (Å²) in [5.74, 6) is 1.90. The van der Waals surface area contributed by atoms with Crippen molar-refractivity contribution in [2.75, 3.05) is 11.1 Å². The van der Waals surface area contributed by atoms with E-state index < -0.39 is 0 Å². The third-order valence-electron chi connectivity index (χ3n) is 4.04. The standard InChI is InChI=1S/C16H23BrS/c1-13(2)14-5-7-15(8-6-14)18-12-16(11-17)9-3-4-10-16/h5-8,13H,3-4,9-12H2,1-2H3. The number of rotatable bonds is 5. The molecule has 1 aromatic rings. The maximum Gasteiger partial charge on any atom is 0.00959 e. The van der Waals surface area contributed by atoms with Gasteiger partial charge in [0.05, 0.1) is 0 Å². The molecule has 0 aromatic heterocycles. The van der Waals surface area contributed by atoms with Gasteiger partial charge in [-0.25, -0.2) is 0 Å². The summed E-state index contributed by atoms with van der Waals surface area (Å²) in [6.45, 7) is 4.50. The molecule has 0 heterocycles. The Hall–Kier alpha value is 0.0500. The number of alkyl halides is 1. The van der Waals surface area contributed by atoms with Gasteiger partial charge < -0.3 is 0 Å². The molecule has 1 fully saturated rings. The summed E-state index contributed by atoms with van der Waals surface area (Å²) in [6, 6.07) is 9.14. The van der Waals surface area contributed by atoms with Crippen LogP contribution in [0.4, 0.5) is 0 Å². The molecular weight excluding hydrogens is 304 g/mol. The largest absolute Gasteiger partial charge is 0.126 e. The monoisotopic (exact) mass is 326 g/mol. The first-order valence-electron chi connectivity index (χ1n) is 6.94. The van der Waals surface area contributed by atoms with E-state index in [1.165, 1.54) is 41.9 Å². The summed E-state index contributed by atoms with van der Waals surface area (Å²) in [5, 5.41) is 1.16. The Morgan fingerprint density at radius 2 is 1.78 bits per heavy atom. The fraction of sp³-hybridized carbons (Fsp3) is 0.625. The Kier molecular flexibility index (Phi) is 5.20. The van der Waals surface area contributed by atoms with Crippen molar-refractivity contribution in [3.63, 3.8) is 0 Å². The second-order valence-corrected chi connectivity index (χ2v) is 7.46. The Morgan fingerprint density at radius 1 is 1.17 bits per heavy atom. The second kappa shape index (κ2) is 6.47. The van der Waals surface area contributed by atoms with Crippen molar-refractivity contribution >= 4 is 27.7 Å². The van der Waals surface area contributed by atoms with Crippen LogP contribution in [0, 0.1) is 5.41 Å². The van der Waals surface area contributed by atoms with E-state index in [4.69, 9.17) is 0 Å². The predicted molar refractivity (Wildman–Crippen MR) is 86.0 cm³/mol. The molecular formula is C16H23BrS. The first-order chi connectivity index (χ1) is 8.65. The Labute approximate surface area is 124 Å². The van der Waals surface area contributed by atoms with Crippen LogP contribution in [0.25, 0.3) is 0 Å². The van der Waals surface area contributed by atoms with Gasteiger partial charge in [0.2, 0.25) is 0 Å². The zero-order chi connectivity index (χ0) is 13.0. The van der Waals surface area contributed by atoms with Gasteiger partial charge in [-0.1, -0.05) is 54.8 Å². The third kappa shape index (κ3) is 3.54. The molecule has 1 aliphatic carbocycles. The minimum atomic E-state index is 0.557. The molecule has 0 N–H and O–H groups in total. The Morgan fingerprint density at radius 3 is 2.28 bits per heavy atom. The molecule has 2 heteroatoms. The van der Waals surface area contributed by atoms with Gasteiger partial charge in [-0.3, -0.25) is 0 Å². The van der Waals surface area contributed by atoms with Gasteiger partial charge in [0, 0.05) is 16.0 Å². The van der Waals surface area contributed by atoms with Gasteiger partial charge in [-0.2, -0.15) is 0 Å². The number of hydrogen-bond donors (Lipinski definition) is 0. The highest BCUT2D eigenvalue weighted by molar-refractivity contribution is 9.09. The van der Waals surface area contributed by atoms with E-state index in [-0.39, 0.29) is 0 Å². The van der Waals surface area contributed by atoms with Gasteiger partial charge in [-0.15, -0.1) is 11.8 Å². The lowest BCUT2D eigenvalue weighted by Gasteiger charge is -2.25. The number of benzene rings is 1. The van der Waals surface area contributed by atoms with Crippen molar-refractivity contribution < 1.29 is 0 Å². The van der Waals surface area contributed by atoms with Crippen molar-refractivity contribution in [2.24, 2.45) is 5.41 Å². The molecule has 0 nitrogen and oxygen atoms in total. The summed E-state index contributed by atoms with van der Waals surface area (Å²) in [7, 11) is 0. The van der Waals surface area contributed by atoms with E-state index in [0.29, 0.717) is 11.3 Å². The Bertz CT molecular complexity index is 363. The quantitative estimate of drug-likeness (QED) is 0.482. The molecule has 100 valence electrons. The fourth-order valence-corrected chi connectivity index (χ4v) is 4.84. The van der Waals surface area contributed by atoms with Crippen LogP contribution in [0.1, 0.15) is 51.0 Å². The topological polar surface area (TPSA) is 0 Å². The number of halogens is 1. The number of hydrogen-bond acceptors (Lipinski definition) is 1. The summed E-state index contributed by atoms with van der Waals surface area (Å²) in [6.07, 6.45) is 5.63. The lowest BCUT2D eigenvalue weighted by atomic mass is 9.92. The highest BCUT2D eigenvalue weighted by Crippen LogP contribution is 2.43. The normalized spacial score (nSPS) is 18.4. The van der Waals surface area contributed by atoms with E-state index >= 15 is 0 Å². The highest BCUT2D eigenvalue weighted by atomic mass is 79.9. The van der Waals surface area contributed by atoms with E-state index in [9.17, 15) is 0 Å². The first-order valence-corrected chi connectivity index (χ1v) is 9.05. The number of thioether (sulfide) groups is 1. The smallest absolute Gasteiger partial charge is 0.00959 e. The summed E-state index contributed by atoms with van der Waals surface area (Å²) >= 11 is 5.76. The average molecular weight is 327 g/mol. The zero-order valence-corrected chi connectivity index (χ0v) is 13.8. The average Bonchev–Trinajstić information content (AvgIpc) is 2.86. The highest BCUT2D eigenvalue weighted by Gasteiger charge is 2.32. The van der Waals surface area contributed by atoms with Gasteiger partial charge in [-0.05, 0) is 41.9 Å². The zero-order valence-electron chi connectivity index (χ0n) is 11.4. The van der Waals surface area contributed by atoms with Crippen molar-refractivity contribution in [3.8, 4) is 0 Å². The molecule has 18 heavy (non-hydrogen) atoms. The predicted octanol–water partition coefficient (Wildman–Crippen LogP) is 5.86. The van der Waals surface area contributed by atoms with E-state index in [0.717, 1.165) is 5.33 Å². The van der Waals surface area contributed by atoms with Crippen molar-refractivity contribution in [2.45, 2.75) is 50.3 Å². The van der Waals surface area contributed by atoms with Crippen LogP contribution in [0.2, 0.25) is 0 Å². The Balaban J connectivity index is 1.93. The van der Waals surface area contributed by atoms with Crippen molar-refractivity contribution in [3.05, 3.63) is 29.8 Å². The maximum absolute atomic E-state index is 3.72. The van der Waals surface area contributed by atoms with E-state index in [2.05, 4.69) is 54.0 Å². The fourth-order valence-electron chi connectivity index (χ4n) is 2.63. The summed E-state index contributed by atoms with van der Waals surface area (Å²) < 4.78 is 0. The third-order valence-corrected chi connectivity index (χ3v) is 6.59. The lowest BCUT2D eigenvalue weighted by Crippen LogP contribution is -2.21. The maximum atomic E-state index is 3.72. The van der Waals surface area contributed by atoms with Crippen molar-refractivity contribution in [1.29, 1.82) is 0 Å². The van der Waals surface area contributed by atoms with Crippen LogP contribution in [0.15, 0.2) is 29.2 Å². The minimum Gasteiger partial charge on any atom is -0.126 e. The molecule has 0 saturated heterocycles. The van der Waals surface area contributed by atoms with Gasteiger partial charge >= 0.3 is 0 Å². The van der Waals surface area contributed by atoms with Gasteiger partial charge in [0.1, 0.15) is 0 Å². The summed E-state index contributed by atoms with van der Waals surface area (Å²) in [5.41, 5.74) is 2.00. The molecule has 0 aliphatic heterocycles. The molecule has 0 spiro atoms. The van der Waals surface area contributed by atoms with Crippen LogP contribution in [0.5, 0.6) is 0 Å². The first kappa shape index (κ1) is 14.5. The SMILES string of the molecule is CC(C)c1ccc(SCC2(CBr)CCCC2)cc1. The minimum absolute atomic E-state index is 0.557. The molecule has 0 atom stereocenters. The molecule has 0 unspecified atom stereocenters. The molecule has 0 bridgehead atoms. The van der Waals surface area contributed by atoms with Gasteiger partial charge in [0.25, 0.3) is 0 Å². The molecule has 1 aliphatic rings. The summed E-state index contributed by atoms with van der Waals surface area (Å²) in [4.78, 5) is 1.42. The molecule has 1 saturated carbocycles. The van der Waals surface area contributed by atoms with E-state index in [1.54, 1.807) is 0 Å². The van der Waals surface area contributed by atoms with E-state index in [1.807, 2.05) is 11.8 Å². The molecule has 0 radical (unpaired) electrons. The van der Waals surface area contributed by atoms with Gasteiger partial charge in [0.15, 0.2) is 0 Å². The van der Waals surface area contributed by atoms with Crippen LogP contribution >= 0.6 is 27.7 Å². The second-order valence-electron chi connectivity index (χ2n) is 5.85.